The molecule has 0 saturated heterocycles. The molecule has 0 aromatic rings. The maximum absolute atomic E-state index is 11.1. The average molecular weight is 236 g/mol. The highest BCUT2D eigenvalue weighted by molar-refractivity contribution is 7.98. The molecule has 0 rings (SSSR count). The maximum Gasteiger partial charge on any atom is 0.338 e. The molecule has 1 unspecified atom stereocenters. The molecule has 6 nitrogen and oxygen atoms in total. The molecule has 0 radical (unpaired) electrons. The second-order valence-corrected chi connectivity index (χ2v) is 3.93. The van der Waals surface area contributed by atoms with Gasteiger partial charge in [0.2, 0.25) is 0 Å². The third-order valence-electron chi connectivity index (χ3n) is 1.49. The molecule has 0 bridgehead atoms. The number of hydrogen-bond donors (Lipinski definition) is 3. The topological polar surface area (TPSA) is 87.7 Å². The van der Waals surface area contributed by atoms with Gasteiger partial charge in [0.15, 0.2) is 6.61 Å². The van der Waals surface area contributed by atoms with Crippen LogP contribution in [0.4, 0.5) is 4.79 Å². The van der Waals surface area contributed by atoms with Crippen molar-refractivity contribution in [1.29, 1.82) is 0 Å². The highest BCUT2D eigenvalue weighted by Gasteiger charge is 2.06. The molecule has 0 saturated carbocycles. The summed E-state index contributed by atoms with van der Waals surface area (Å²) in [7, 11) is 0. The molecule has 88 valence electrons. The van der Waals surface area contributed by atoms with Crippen LogP contribution in [-0.4, -0.2) is 41.8 Å². The van der Waals surface area contributed by atoms with E-state index >= 15 is 0 Å². The van der Waals surface area contributed by atoms with Crippen LogP contribution in [0, 0.1) is 0 Å². The fourth-order valence-corrected chi connectivity index (χ4v) is 1.37. The summed E-state index contributed by atoms with van der Waals surface area (Å²) < 4.78 is 0. The number of carboxylic acid groups (broad SMARTS) is 1. The summed E-state index contributed by atoms with van der Waals surface area (Å²) in [5.74, 6) is -0.178. The van der Waals surface area contributed by atoms with Crippen molar-refractivity contribution in [3.8, 4) is 0 Å². The first kappa shape index (κ1) is 14.1. The number of aliphatic carboxylic acids is 1. The largest absolute Gasteiger partial charge is 0.479 e. The number of carbonyl (C=O) groups is 2. The first-order valence-electron chi connectivity index (χ1n) is 4.45. The zero-order chi connectivity index (χ0) is 11.7. The van der Waals surface area contributed by atoms with Gasteiger partial charge in [0.05, 0.1) is 0 Å². The fourth-order valence-electron chi connectivity index (χ4n) is 0.783. The molecule has 7 heteroatoms. The van der Waals surface area contributed by atoms with Crippen LogP contribution < -0.4 is 10.8 Å². The summed E-state index contributed by atoms with van der Waals surface area (Å²) in [5, 5.41) is 10.8. The number of nitrogens with one attached hydrogen (secondary N) is 2. The number of urea groups is 1. The van der Waals surface area contributed by atoms with E-state index in [4.69, 9.17) is 5.11 Å². The van der Waals surface area contributed by atoms with Crippen LogP contribution in [0.1, 0.15) is 13.3 Å². The number of amides is 2. The van der Waals surface area contributed by atoms with E-state index in [1.165, 1.54) is 0 Å². The van der Waals surface area contributed by atoms with E-state index in [0.717, 1.165) is 12.2 Å². The number of hydrogen-bond acceptors (Lipinski definition) is 4. The molecule has 0 aliphatic rings. The zero-order valence-corrected chi connectivity index (χ0v) is 9.60. The van der Waals surface area contributed by atoms with E-state index in [2.05, 4.69) is 10.2 Å². The van der Waals surface area contributed by atoms with Gasteiger partial charge in [-0.2, -0.15) is 11.8 Å². The molecule has 0 fully saturated rings. The Kier molecular flexibility index (Phi) is 7.84. The summed E-state index contributed by atoms with van der Waals surface area (Å²) in [4.78, 5) is 25.5. The van der Waals surface area contributed by atoms with Crippen molar-refractivity contribution in [3.05, 3.63) is 0 Å². The second-order valence-electron chi connectivity index (χ2n) is 2.94. The number of thioether (sulfide) groups is 1. The molecule has 0 aromatic heterocycles. The highest BCUT2D eigenvalue weighted by Crippen LogP contribution is 1.99. The van der Waals surface area contributed by atoms with Gasteiger partial charge >= 0.3 is 12.0 Å². The Hall–Kier alpha value is -0.950. The Morgan fingerprint density at radius 1 is 1.53 bits per heavy atom. The highest BCUT2D eigenvalue weighted by atomic mass is 32.2. The zero-order valence-electron chi connectivity index (χ0n) is 8.78. The van der Waals surface area contributed by atoms with Crippen LogP contribution in [0.25, 0.3) is 0 Å². The Morgan fingerprint density at radius 3 is 2.73 bits per heavy atom. The van der Waals surface area contributed by atoms with Crippen molar-refractivity contribution in [1.82, 2.24) is 10.8 Å². The third-order valence-corrected chi connectivity index (χ3v) is 2.14. The lowest BCUT2D eigenvalue weighted by Crippen LogP contribution is -2.41. The molecule has 0 aromatic carbocycles. The summed E-state index contributed by atoms with van der Waals surface area (Å²) in [6.45, 7) is 1.32. The van der Waals surface area contributed by atoms with Crippen LogP contribution in [0.5, 0.6) is 0 Å². The minimum absolute atomic E-state index is 0.0332. The van der Waals surface area contributed by atoms with Crippen molar-refractivity contribution in [2.75, 3.05) is 18.6 Å². The molecular formula is C8H16N2O4S. The quantitative estimate of drug-likeness (QED) is 0.558. The van der Waals surface area contributed by atoms with Crippen LogP contribution in [0.2, 0.25) is 0 Å². The van der Waals surface area contributed by atoms with Gasteiger partial charge in [-0.05, 0) is 25.4 Å². The van der Waals surface area contributed by atoms with Gasteiger partial charge in [-0.3, -0.25) is 4.84 Å². The number of carboxylic acids is 1. The molecule has 3 N–H and O–H groups in total. The average Bonchev–Trinajstić information content (AvgIpc) is 2.14. The van der Waals surface area contributed by atoms with Crippen LogP contribution >= 0.6 is 11.8 Å². The smallest absolute Gasteiger partial charge is 0.338 e. The lowest BCUT2D eigenvalue weighted by atomic mass is 10.3. The van der Waals surface area contributed by atoms with Gasteiger partial charge in [-0.25, -0.2) is 15.1 Å². The predicted molar refractivity (Wildman–Crippen MR) is 57.7 cm³/mol. The predicted octanol–water partition coefficient (Wildman–Crippen LogP) is 0.443. The van der Waals surface area contributed by atoms with E-state index in [9.17, 15) is 9.59 Å². The van der Waals surface area contributed by atoms with Gasteiger partial charge in [0.25, 0.3) is 0 Å². The molecular weight excluding hydrogens is 220 g/mol. The molecule has 15 heavy (non-hydrogen) atoms. The summed E-state index contributed by atoms with van der Waals surface area (Å²) in [6, 6.07) is -0.490. The van der Waals surface area contributed by atoms with Crippen LogP contribution in [0.15, 0.2) is 0 Å². The van der Waals surface area contributed by atoms with E-state index in [0.29, 0.717) is 0 Å². The van der Waals surface area contributed by atoms with Crippen molar-refractivity contribution in [2.45, 2.75) is 19.4 Å². The van der Waals surface area contributed by atoms with Gasteiger partial charge in [0.1, 0.15) is 0 Å². The van der Waals surface area contributed by atoms with Crippen molar-refractivity contribution in [3.63, 3.8) is 0 Å². The van der Waals surface area contributed by atoms with E-state index < -0.39 is 18.6 Å². The minimum atomic E-state index is -1.13. The van der Waals surface area contributed by atoms with Crippen molar-refractivity contribution in [2.24, 2.45) is 0 Å². The maximum atomic E-state index is 11.1. The Morgan fingerprint density at radius 2 is 2.20 bits per heavy atom. The van der Waals surface area contributed by atoms with E-state index in [1.54, 1.807) is 11.8 Å². The fraction of sp³-hybridized carbons (Fsp3) is 0.750. The Labute approximate surface area is 92.7 Å². The van der Waals surface area contributed by atoms with Crippen LogP contribution in [0.3, 0.4) is 0 Å². The van der Waals surface area contributed by atoms with Gasteiger partial charge < -0.3 is 10.4 Å². The van der Waals surface area contributed by atoms with Crippen molar-refractivity contribution < 1.29 is 19.5 Å². The Bertz CT molecular complexity index is 213. The Balaban J connectivity index is 3.50. The molecule has 0 spiro atoms. The molecule has 2 amide bonds. The lowest BCUT2D eigenvalue weighted by molar-refractivity contribution is -0.144. The first-order valence-corrected chi connectivity index (χ1v) is 5.84. The molecule has 0 heterocycles. The molecule has 0 aliphatic carbocycles. The number of hydroxylamine groups is 1. The summed E-state index contributed by atoms with van der Waals surface area (Å²) in [5.41, 5.74) is 1.98. The normalized spacial score (nSPS) is 11.9. The summed E-state index contributed by atoms with van der Waals surface area (Å²) >= 11 is 1.70. The standard InChI is InChI=1S/C8H16N2O4S/c1-6(3-4-15-2)9-8(13)10-14-5-7(11)12/h6H,3-5H2,1-2H3,(H,11,12)(H2,9,10,13). The SMILES string of the molecule is CSCCC(C)NC(=O)NOCC(=O)O. The van der Waals surface area contributed by atoms with E-state index in [1.807, 2.05) is 18.7 Å². The van der Waals surface area contributed by atoms with Crippen LogP contribution in [-0.2, 0) is 9.63 Å². The van der Waals surface area contributed by atoms with Gasteiger partial charge in [-0.1, -0.05) is 0 Å². The summed E-state index contributed by atoms with van der Waals surface area (Å²) in [6.07, 6.45) is 2.84. The van der Waals surface area contributed by atoms with E-state index in [-0.39, 0.29) is 6.04 Å². The number of rotatable bonds is 7. The van der Waals surface area contributed by atoms with Gasteiger partial charge in [-0.15, -0.1) is 0 Å². The second kappa shape index (κ2) is 8.37. The molecule has 1 atom stereocenters. The lowest BCUT2D eigenvalue weighted by Gasteiger charge is -2.13. The minimum Gasteiger partial charge on any atom is -0.479 e. The number of carbonyl (C=O) groups excluding carboxylic acids is 1. The third kappa shape index (κ3) is 9.36. The first-order chi connectivity index (χ1) is 7.06. The van der Waals surface area contributed by atoms with Gasteiger partial charge in [0, 0.05) is 6.04 Å². The monoisotopic (exact) mass is 236 g/mol. The molecule has 0 aliphatic heterocycles. The van der Waals surface area contributed by atoms with Crippen molar-refractivity contribution >= 4 is 23.8 Å².